The van der Waals surface area contributed by atoms with Gasteiger partial charge in [-0.2, -0.15) is 0 Å². The van der Waals surface area contributed by atoms with Gasteiger partial charge in [0.05, 0.1) is 16.8 Å². The molecule has 286 valence electrons. The molecular weight excluding hydrogens is 737 g/mol. The maximum absolute atomic E-state index is 5.15. The van der Waals surface area contributed by atoms with Crippen molar-refractivity contribution in [2.24, 2.45) is 0 Å². The van der Waals surface area contributed by atoms with Crippen LogP contribution in [0.2, 0.25) is 0 Å². The molecule has 0 fully saturated rings. The van der Waals surface area contributed by atoms with Crippen molar-refractivity contribution in [3.8, 4) is 78.4 Å². The summed E-state index contributed by atoms with van der Waals surface area (Å²) in [6.07, 6.45) is 0. The SMILES string of the molecule is c1ccc(-c2ccc(-c3cc(-c4cccc(-c5ccc(-c6cccc7c6-c6ccccc6C7(c6ccccc6)c6ccccc6)cc5)c4)nc(-c4ccccc4)n3)cc2)cc1. The minimum atomic E-state index is -0.433. The van der Waals surface area contributed by atoms with Crippen LogP contribution in [0.3, 0.4) is 0 Å². The zero-order chi connectivity index (χ0) is 40.6. The van der Waals surface area contributed by atoms with Crippen molar-refractivity contribution in [1.29, 1.82) is 0 Å². The van der Waals surface area contributed by atoms with Gasteiger partial charge in [-0.05, 0) is 78.9 Å². The Morgan fingerprint density at radius 3 is 1.34 bits per heavy atom. The molecule has 0 saturated heterocycles. The molecule has 0 unspecified atom stereocenters. The van der Waals surface area contributed by atoms with Gasteiger partial charge in [0, 0.05) is 16.7 Å². The van der Waals surface area contributed by atoms with Gasteiger partial charge in [-0.3, -0.25) is 0 Å². The molecule has 0 N–H and O–H groups in total. The molecule has 1 aliphatic rings. The highest BCUT2D eigenvalue weighted by Crippen LogP contribution is 2.58. The summed E-state index contributed by atoms with van der Waals surface area (Å²) in [5, 5.41) is 0. The summed E-state index contributed by atoms with van der Waals surface area (Å²) in [6, 6.07) is 87.1. The molecule has 1 heterocycles. The van der Waals surface area contributed by atoms with Crippen molar-refractivity contribution < 1.29 is 0 Å². The van der Waals surface area contributed by atoms with Gasteiger partial charge < -0.3 is 0 Å². The fourth-order valence-electron chi connectivity index (χ4n) is 9.36. The van der Waals surface area contributed by atoms with Crippen LogP contribution in [0.4, 0.5) is 0 Å². The molecular formula is C59H40N2. The maximum Gasteiger partial charge on any atom is 0.160 e. The van der Waals surface area contributed by atoms with Crippen LogP contribution in [-0.4, -0.2) is 9.97 Å². The quantitative estimate of drug-likeness (QED) is 0.154. The maximum atomic E-state index is 5.15. The second kappa shape index (κ2) is 15.3. The number of hydrogen-bond acceptors (Lipinski definition) is 2. The summed E-state index contributed by atoms with van der Waals surface area (Å²) in [5.41, 5.74) is 19.2. The smallest absolute Gasteiger partial charge is 0.160 e. The largest absolute Gasteiger partial charge is 0.228 e. The molecule has 0 aliphatic heterocycles. The van der Waals surface area contributed by atoms with Crippen molar-refractivity contribution in [3.63, 3.8) is 0 Å². The van der Waals surface area contributed by atoms with E-state index in [2.05, 4.69) is 218 Å². The fourth-order valence-corrected chi connectivity index (χ4v) is 9.36. The van der Waals surface area contributed by atoms with E-state index in [-0.39, 0.29) is 0 Å². The van der Waals surface area contributed by atoms with Crippen molar-refractivity contribution >= 4 is 0 Å². The average Bonchev–Trinajstić information content (AvgIpc) is 3.66. The average molecular weight is 777 g/mol. The van der Waals surface area contributed by atoms with E-state index >= 15 is 0 Å². The zero-order valence-corrected chi connectivity index (χ0v) is 33.5. The van der Waals surface area contributed by atoms with E-state index in [9.17, 15) is 0 Å². The van der Waals surface area contributed by atoms with Gasteiger partial charge in [0.2, 0.25) is 0 Å². The van der Waals surface area contributed by atoms with Crippen molar-refractivity contribution in [2.75, 3.05) is 0 Å². The summed E-state index contributed by atoms with van der Waals surface area (Å²) >= 11 is 0. The van der Waals surface area contributed by atoms with Crippen LogP contribution >= 0.6 is 0 Å². The van der Waals surface area contributed by atoms with Crippen LogP contribution < -0.4 is 0 Å². The highest BCUT2D eigenvalue weighted by molar-refractivity contribution is 5.95. The Kier molecular flexibility index (Phi) is 9.09. The van der Waals surface area contributed by atoms with Gasteiger partial charge in [-0.25, -0.2) is 9.97 Å². The standard InChI is InChI=1S/C59H40N2/c1-5-17-41(18-6-1)42-33-37-45(38-34-42)55-40-56(61-58(60-55)46-19-7-2-8-20-46)48-22-15-21-47(39-48)43-31-35-44(36-32-43)51-28-16-30-54-57(51)52-27-13-14-29-53(52)59(54,49-23-9-3-10-24-49)50-25-11-4-12-26-50/h1-40H. The van der Waals surface area contributed by atoms with E-state index in [0.717, 1.165) is 39.2 Å². The normalized spacial score (nSPS) is 12.4. The van der Waals surface area contributed by atoms with E-state index in [0.29, 0.717) is 5.82 Å². The zero-order valence-electron chi connectivity index (χ0n) is 33.5. The van der Waals surface area contributed by atoms with Gasteiger partial charge in [-0.15, -0.1) is 0 Å². The first-order valence-corrected chi connectivity index (χ1v) is 20.9. The lowest BCUT2D eigenvalue weighted by molar-refractivity contribution is 0.768. The van der Waals surface area contributed by atoms with Crippen molar-refractivity contribution in [3.05, 3.63) is 265 Å². The molecule has 0 amide bonds. The lowest BCUT2D eigenvalue weighted by Gasteiger charge is -2.34. The molecule has 0 spiro atoms. The Labute approximate surface area is 357 Å². The summed E-state index contributed by atoms with van der Waals surface area (Å²) in [7, 11) is 0. The fraction of sp³-hybridized carbons (Fsp3) is 0.0169. The molecule has 10 aromatic rings. The third-order valence-corrected chi connectivity index (χ3v) is 12.2. The van der Waals surface area contributed by atoms with Crippen LogP contribution in [0.1, 0.15) is 22.3 Å². The van der Waals surface area contributed by atoms with Gasteiger partial charge >= 0.3 is 0 Å². The van der Waals surface area contributed by atoms with Crippen LogP contribution in [-0.2, 0) is 5.41 Å². The summed E-state index contributed by atoms with van der Waals surface area (Å²) in [5.74, 6) is 0.704. The number of benzene rings is 9. The lowest BCUT2D eigenvalue weighted by atomic mass is 9.67. The molecule has 1 aromatic heterocycles. The Hall–Kier alpha value is -7.94. The van der Waals surface area contributed by atoms with E-state index in [1.54, 1.807) is 0 Å². The first-order valence-electron chi connectivity index (χ1n) is 20.9. The first-order chi connectivity index (χ1) is 30.2. The van der Waals surface area contributed by atoms with Crippen LogP contribution in [0.5, 0.6) is 0 Å². The highest BCUT2D eigenvalue weighted by Gasteiger charge is 2.46. The summed E-state index contributed by atoms with van der Waals surface area (Å²) in [4.78, 5) is 10.2. The summed E-state index contributed by atoms with van der Waals surface area (Å²) in [6.45, 7) is 0. The third kappa shape index (κ3) is 6.37. The predicted octanol–water partition coefficient (Wildman–Crippen LogP) is 14.8. The topological polar surface area (TPSA) is 25.8 Å². The Morgan fingerprint density at radius 2 is 0.689 bits per heavy atom. The second-order valence-corrected chi connectivity index (χ2v) is 15.7. The predicted molar refractivity (Wildman–Crippen MR) is 252 cm³/mol. The van der Waals surface area contributed by atoms with E-state index < -0.39 is 5.41 Å². The van der Waals surface area contributed by atoms with Crippen LogP contribution in [0.25, 0.3) is 78.4 Å². The van der Waals surface area contributed by atoms with Crippen molar-refractivity contribution in [1.82, 2.24) is 9.97 Å². The van der Waals surface area contributed by atoms with E-state index in [1.165, 1.54) is 55.6 Å². The van der Waals surface area contributed by atoms with Crippen LogP contribution in [0.15, 0.2) is 243 Å². The lowest BCUT2D eigenvalue weighted by Crippen LogP contribution is -2.28. The molecule has 0 radical (unpaired) electrons. The van der Waals surface area contributed by atoms with Gasteiger partial charge in [0.15, 0.2) is 5.82 Å². The Morgan fingerprint density at radius 1 is 0.262 bits per heavy atom. The van der Waals surface area contributed by atoms with E-state index in [4.69, 9.17) is 9.97 Å². The molecule has 9 aromatic carbocycles. The van der Waals surface area contributed by atoms with Gasteiger partial charge in [0.1, 0.15) is 0 Å². The number of fused-ring (bicyclic) bond motifs is 3. The molecule has 2 nitrogen and oxygen atoms in total. The first kappa shape index (κ1) is 36.2. The monoisotopic (exact) mass is 776 g/mol. The molecule has 0 saturated carbocycles. The minimum Gasteiger partial charge on any atom is -0.228 e. The highest BCUT2D eigenvalue weighted by atomic mass is 14.9. The van der Waals surface area contributed by atoms with Gasteiger partial charge in [0.25, 0.3) is 0 Å². The van der Waals surface area contributed by atoms with Crippen LogP contribution in [0, 0.1) is 0 Å². The molecule has 1 aliphatic carbocycles. The van der Waals surface area contributed by atoms with Crippen molar-refractivity contribution in [2.45, 2.75) is 5.41 Å². The molecule has 11 rings (SSSR count). The second-order valence-electron chi connectivity index (χ2n) is 15.7. The summed E-state index contributed by atoms with van der Waals surface area (Å²) < 4.78 is 0. The minimum absolute atomic E-state index is 0.433. The molecule has 2 heteroatoms. The number of nitrogens with zero attached hydrogens (tertiary/aromatic N) is 2. The Balaban J connectivity index is 0.974. The number of aromatic nitrogens is 2. The molecule has 0 atom stereocenters. The third-order valence-electron chi connectivity index (χ3n) is 12.2. The van der Waals surface area contributed by atoms with E-state index in [1.807, 2.05) is 24.3 Å². The Bertz CT molecular complexity index is 3100. The molecule has 61 heavy (non-hydrogen) atoms. The number of hydrogen-bond donors (Lipinski definition) is 0. The van der Waals surface area contributed by atoms with Gasteiger partial charge in [-0.1, -0.05) is 231 Å². The number of rotatable bonds is 8. The molecule has 0 bridgehead atoms.